The summed E-state index contributed by atoms with van der Waals surface area (Å²) in [6.07, 6.45) is 2.42. The molecule has 0 atom stereocenters. The van der Waals surface area contributed by atoms with Gasteiger partial charge in [0.25, 0.3) is 0 Å². The molecule has 0 aromatic heterocycles. The van der Waals surface area contributed by atoms with E-state index in [1.807, 2.05) is 0 Å². The lowest BCUT2D eigenvalue weighted by Gasteiger charge is -2.30. The van der Waals surface area contributed by atoms with Gasteiger partial charge in [0, 0.05) is 25.0 Å². The number of hydrogen-bond acceptors (Lipinski definition) is 2. The summed E-state index contributed by atoms with van der Waals surface area (Å²) in [5.41, 5.74) is 0. The third-order valence-corrected chi connectivity index (χ3v) is 3.70. The van der Waals surface area contributed by atoms with Crippen molar-refractivity contribution in [3.8, 4) is 0 Å². The summed E-state index contributed by atoms with van der Waals surface area (Å²) < 4.78 is 6.90. The van der Waals surface area contributed by atoms with Crippen LogP contribution in [-0.2, 0) is 4.74 Å². The van der Waals surface area contributed by atoms with Crippen LogP contribution < -0.4 is 0 Å². The Balaban J connectivity index is 3.65. The van der Waals surface area contributed by atoms with Crippen molar-refractivity contribution in [1.82, 2.24) is 4.90 Å². The van der Waals surface area contributed by atoms with Crippen molar-refractivity contribution in [2.45, 2.75) is 59.5 Å². The molecule has 0 aliphatic heterocycles. The molecule has 0 rings (SSSR count). The van der Waals surface area contributed by atoms with Crippen LogP contribution in [0, 0.1) is 0 Å². The molecule has 0 bridgehead atoms. The topological polar surface area (TPSA) is 12.5 Å². The van der Waals surface area contributed by atoms with Gasteiger partial charge in [0.2, 0.25) is 0 Å². The molecule has 0 aliphatic carbocycles. The van der Waals surface area contributed by atoms with Crippen molar-refractivity contribution < 1.29 is 9.22 Å². The second kappa shape index (κ2) is 9.73. The summed E-state index contributed by atoms with van der Waals surface area (Å²) in [6, 6.07) is 1.20. The summed E-state index contributed by atoms with van der Waals surface area (Å²) in [5, 5.41) is 0. The van der Waals surface area contributed by atoms with Gasteiger partial charge >= 0.3 is 0 Å². The second-order valence-corrected chi connectivity index (χ2v) is 6.77. The van der Waals surface area contributed by atoms with Gasteiger partial charge in [-0.3, -0.25) is 4.90 Å². The molecule has 0 aliphatic rings. The zero-order valence-electron chi connectivity index (χ0n) is 14.4. The summed E-state index contributed by atoms with van der Waals surface area (Å²) in [5.74, 6) is 0. The minimum Gasteiger partial charge on any atom is -0.380 e. The normalized spacial score (nSPS) is 12.9. The molecular formula is C16H37N2O+. The first-order valence-corrected chi connectivity index (χ1v) is 7.95. The van der Waals surface area contributed by atoms with Gasteiger partial charge in [-0.2, -0.15) is 0 Å². The lowest BCUT2D eigenvalue weighted by atomic mass is 10.2. The summed E-state index contributed by atoms with van der Waals surface area (Å²) in [7, 11) is 4.62. The maximum Gasteiger partial charge on any atom is 0.0804 e. The number of quaternary nitrogens is 1. The zero-order chi connectivity index (χ0) is 14.9. The van der Waals surface area contributed by atoms with E-state index in [0.29, 0.717) is 12.1 Å². The van der Waals surface area contributed by atoms with Crippen LogP contribution in [0.5, 0.6) is 0 Å². The Morgan fingerprint density at radius 1 is 0.947 bits per heavy atom. The number of hydrogen-bond donors (Lipinski definition) is 0. The van der Waals surface area contributed by atoms with E-state index in [-0.39, 0.29) is 0 Å². The highest BCUT2D eigenvalue weighted by molar-refractivity contribution is 4.66. The fraction of sp³-hybridized carbons (Fsp3) is 1.00. The molecule has 0 aromatic rings. The fourth-order valence-electron chi connectivity index (χ4n) is 2.70. The van der Waals surface area contributed by atoms with Crippen molar-refractivity contribution in [2.24, 2.45) is 0 Å². The summed E-state index contributed by atoms with van der Waals surface area (Å²) in [6.45, 7) is 16.5. The molecule has 0 unspecified atom stereocenters. The molecule has 0 saturated heterocycles. The molecule has 116 valence electrons. The molecule has 0 N–H and O–H groups in total. The van der Waals surface area contributed by atoms with Crippen LogP contribution >= 0.6 is 0 Å². The van der Waals surface area contributed by atoms with Gasteiger partial charge in [0.15, 0.2) is 0 Å². The standard InChI is InChI=1S/C16H37N2O/c1-8-11-18(6,7)12-9-13-19-14-10-17(15(2)3)16(4)5/h15-16H,8-14H2,1-7H3/q+1. The van der Waals surface area contributed by atoms with E-state index in [2.05, 4.69) is 53.6 Å². The van der Waals surface area contributed by atoms with Crippen LogP contribution in [0.15, 0.2) is 0 Å². The number of ether oxygens (including phenoxy) is 1. The van der Waals surface area contributed by atoms with Crippen molar-refractivity contribution in [3.63, 3.8) is 0 Å². The maximum atomic E-state index is 5.79. The Hall–Kier alpha value is -0.120. The van der Waals surface area contributed by atoms with Crippen LogP contribution in [-0.4, -0.2) is 68.4 Å². The largest absolute Gasteiger partial charge is 0.380 e. The highest BCUT2D eigenvalue weighted by Gasteiger charge is 2.14. The van der Waals surface area contributed by atoms with E-state index in [1.54, 1.807) is 0 Å². The molecule has 3 heteroatoms. The SMILES string of the molecule is CCC[N+](C)(C)CCCOCCN(C(C)C)C(C)C. The highest BCUT2D eigenvalue weighted by Crippen LogP contribution is 2.05. The van der Waals surface area contributed by atoms with Crippen LogP contribution in [0.2, 0.25) is 0 Å². The summed E-state index contributed by atoms with van der Waals surface area (Å²) >= 11 is 0. The van der Waals surface area contributed by atoms with Crippen LogP contribution in [0.3, 0.4) is 0 Å². The van der Waals surface area contributed by atoms with E-state index in [9.17, 15) is 0 Å². The van der Waals surface area contributed by atoms with E-state index < -0.39 is 0 Å². The molecule has 19 heavy (non-hydrogen) atoms. The van der Waals surface area contributed by atoms with E-state index in [0.717, 1.165) is 30.7 Å². The summed E-state index contributed by atoms with van der Waals surface area (Å²) in [4.78, 5) is 2.48. The van der Waals surface area contributed by atoms with Gasteiger partial charge in [-0.05, 0) is 34.1 Å². The average molecular weight is 273 g/mol. The fourth-order valence-corrected chi connectivity index (χ4v) is 2.70. The van der Waals surface area contributed by atoms with Crippen molar-refractivity contribution in [1.29, 1.82) is 0 Å². The lowest BCUT2D eigenvalue weighted by molar-refractivity contribution is -0.890. The average Bonchev–Trinajstić information content (AvgIpc) is 2.26. The maximum absolute atomic E-state index is 5.79. The molecular weight excluding hydrogens is 236 g/mol. The van der Waals surface area contributed by atoms with Crippen molar-refractivity contribution in [3.05, 3.63) is 0 Å². The van der Waals surface area contributed by atoms with Gasteiger partial charge in [0.05, 0.1) is 40.4 Å². The van der Waals surface area contributed by atoms with Gasteiger partial charge < -0.3 is 9.22 Å². The van der Waals surface area contributed by atoms with Crippen LogP contribution in [0.4, 0.5) is 0 Å². The van der Waals surface area contributed by atoms with Crippen LogP contribution in [0.1, 0.15) is 47.5 Å². The molecule has 3 nitrogen and oxygen atoms in total. The van der Waals surface area contributed by atoms with Gasteiger partial charge in [0.1, 0.15) is 0 Å². The molecule has 0 saturated carbocycles. The molecule has 0 aromatic carbocycles. The minimum atomic E-state index is 0.601. The van der Waals surface area contributed by atoms with E-state index in [4.69, 9.17) is 4.74 Å². The highest BCUT2D eigenvalue weighted by atomic mass is 16.5. The second-order valence-electron chi connectivity index (χ2n) is 6.77. The van der Waals surface area contributed by atoms with E-state index in [1.165, 1.54) is 19.5 Å². The van der Waals surface area contributed by atoms with Crippen LogP contribution in [0.25, 0.3) is 0 Å². The Bertz CT molecular complexity index is 207. The quantitative estimate of drug-likeness (QED) is 0.424. The van der Waals surface area contributed by atoms with E-state index >= 15 is 0 Å². The predicted octanol–water partition coefficient (Wildman–Crippen LogP) is 3.00. The predicted molar refractivity (Wildman–Crippen MR) is 84.5 cm³/mol. The van der Waals surface area contributed by atoms with Gasteiger partial charge in [-0.25, -0.2) is 0 Å². The lowest BCUT2D eigenvalue weighted by Crippen LogP contribution is -2.41. The molecule has 0 radical (unpaired) electrons. The zero-order valence-corrected chi connectivity index (χ0v) is 14.4. The van der Waals surface area contributed by atoms with Gasteiger partial charge in [-0.1, -0.05) is 6.92 Å². The third kappa shape index (κ3) is 9.42. The molecule has 0 spiro atoms. The van der Waals surface area contributed by atoms with Gasteiger partial charge in [-0.15, -0.1) is 0 Å². The van der Waals surface area contributed by atoms with Crippen molar-refractivity contribution >= 4 is 0 Å². The Morgan fingerprint density at radius 2 is 1.53 bits per heavy atom. The Kier molecular flexibility index (Phi) is 9.67. The molecule has 0 heterocycles. The molecule has 0 amide bonds. The first-order chi connectivity index (χ1) is 8.80. The smallest absolute Gasteiger partial charge is 0.0804 e. The minimum absolute atomic E-state index is 0.601. The van der Waals surface area contributed by atoms with Crippen molar-refractivity contribution in [2.75, 3.05) is 46.9 Å². The first kappa shape index (κ1) is 18.9. The monoisotopic (exact) mass is 273 g/mol. The number of nitrogens with zero attached hydrogens (tertiary/aromatic N) is 2. The molecule has 0 fully saturated rings. The Labute approximate surface area is 121 Å². The third-order valence-electron chi connectivity index (χ3n) is 3.70. The first-order valence-electron chi connectivity index (χ1n) is 7.95. The Morgan fingerprint density at radius 3 is 2.00 bits per heavy atom. The number of rotatable bonds is 11.